The zero-order chi connectivity index (χ0) is 17.5. The zero-order valence-corrected chi connectivity index (χ0v) is 14.4. The van der Waals surface area contributed by atoms with Gasteiger partial charge in [-0.2, -0.15) is 5.10 Å². The van der Waals surface area contributed by atoms with Crippen molar-refractivity contribution in [1.82, 2.24) is 19.6 Å². The van der Waals surface area contributed by atoms with Crippen LogP contribution >= 0.6 is 0 Å². The Morgan fingerprint density at radius 1 is 0.920 bits per heavy atom. The predicted octanol–water partition coefficient (Wildman–Crippen LogP) is 1.69. The molecule has 1 amide bonds. The van der Waals surface area contributed by atoms with Gasteiger partial charge in [-0.1, -0.05) is 30.3 Å². The van der Waals surface area contributed by atoms with E-state index in [1.54, 1.807) is 18.3 Å². The van der Waals surface area contributed by atoms with Crippen LogP contribution in [0.5, 0.6) is 0 Å². The summed E-state index contributed by atoms with van der Waals surface area (Å²) in [6.07, 6.45) is 4.32. The van der Waals surface area contributed by atoms with Crippen LogP contribution in [0.25, 0.3) is 0 Å². The van der Waals surface area contributed by atoms with Crippen molar-refractivity contribution in [1.29, 1.82) is 0 Å². The van der Waals surface area contributed by atoms with Gasteiger partial charge >= 0.3 is 0 Å². The number of Topliss-reactive ketones (excluding diaryl/α,β-unsaturated/α-hetero) is 1. The predicted molar refractivity (Wildman–Crippen MR) is 95.3 cm³/mol. The summed E-state index contributed by atoms with van der Waals surface area (Å²) in [7, 11) is 0. The van der Waals surface area contributed by atoms with E-state index in [9.17, 15) is 9.59 Å². The Morgan fingerprint density at radius 3 is 2.36 bits per heavy atom. The number of piperazine rings is 1. The number of carbonyl (C=O) groups is 2. The van der Waals surface area contributed by atoms with Crippen LogP contribution in [0.3, 0.4) is 0 Å². The lowest BCUT2D eigenvalue weighted by atomic mass is 10.1. The van der Waals surface area contributed by atoms with Gasteiger partial charge in [0.2, 0.25) is 5.91 Å². The molecule has 1 aromatic heterocycles. The molecule has 1 fully saturated rings. The third kappa shape index (κ3) is 5.00. The maximum atomic E-state index is 12.3. The fraction of sp³-hybridized carbons (Fsp3) is 0.421. The molecule has 0 bridgehead atoms. The van der Waals surface area contributed by atoms with Crippen LogP contribution in [0.15, 0.2) is 48.8 Å². The maximum Gasteiger partial charge on any atom is 0.223 e. The van der Waals surface area contributed by atoms with Gasteiger partial charge in [-0.15, -0.1) is 0 Å². The maximum absolute atomic E-state index is 12.3. The van der Waals surface area contributed by atoms with Crippen LogP contribution in [-0.2, 0) is 11.3 Å². The van der Waals surface area contributed by atoms with Crippen molar-refractivity contribution in [2.24, 2.45) is 0 Å². The van der Waals surface area contributed by atoms with Crippen molar-refractivity contribution >= 4 is 11.7 Å². The van der Waals surface area contributed by atoms with Gasteiger partial charge in [0.1, 0.15) is 0 Å². The van der Waals surface area contributed by atoms with Crippen LogP contribution in [0, 0.1) is 0 Å². The molecule has 25 heavy (non-hydrogen) atoms. The molecule has 1 aliphatic rings. The highest BCUT2D eigenvalue weighted by Crippen LogP contribution is 2.09. The minimum atomic E-state index is 0.0341. The van der Waals surface area contributed by atoms with E-state index in [0.29, 0.717) is 12.0 Å². The van der Waals surface area contributed by atoms with Crippen molar-refractivity contribution < 1.29 is 9.59 Å². The monoisotopic (exact) mass is 340 g/mol. The topological polar surface area (TPSA) is 58.4 Å². The Kier molecular flexibility index (Phi) is 5.95. The normalized spacial score (nSPS) is 15.3. The lowest BCUT2D eigenvalue weighted by molar-refractivity contribution is -0.132. The number of hydrogen-bond acceptors (Lipinski definition) is 4. The summed E-state index contributed by atoms with van der Waals surface area (Å²) in [6.45, 7) is 5.02. The number of rotatable bonds is 7. The number of aromatic nitrogens is 2. The highest BCUT2D eigenvalue weighted by Gasteiger charge is 2.21. The Hall–Kier alpha value is -2.47. The standard InChI is InChI=1S/C19H24N4O2/c24-18(17-5-2-1-3-6-17)7-8-19(25)22-14-11-21(12-15-22)13-16-23-10-4-9-20-23/h1-6,9-10H,7-8,11-16H2. The van der Waals surface area contributed by atoms with Crippen molar-refractivity contribution in [3.63, 3.8) is 0 Å². The van der Waals surface area contributed by atoms with Crippen LogP contribution in [0.2, 0.25) is 0 Å². The van der Waals surface area contributed by atoms with Gasteiger partial charge in [0, 0.05) is 63.5 Å². The highest BCUT2D eigenvalue weighted by molar-refractivity contribution is 5.97. The first-order chi connectivity index (χ1) is 12.2. The van der Waals surface area contributed by atoms with Crippen molar-refractivity contribution in [2.45, 2.75) is 19.4 Å². The van der Waals surface area contributed by atoms with Crippen LogP contribution in [0.4, 0.5) is 0 Å². The van der Waals surface area contributed by atoms with E-state index >= 15 is 0 Å². The van der Waals surface area contributed by atoms with Gasteiger partial charge in [-0.05, 0) is 6.07 Å². The van der Waals surface area contributed by atoms with E-state index < -0.39 is 0 Å². The SMILES string of the molecule is O=C(CCC(=O)N1CCN(CCn2cccn2)CC1)c1ccccc1. The highest BCUT2D eigenvalue weighted by atomic mass is 16.2. The third-order valence-corrected chi connectivity index (χ3v) is 4.59. The number of nitrogens with zero attached hydrogens (tertiary/aromatic N) is 4. The van der Waals surface area contributed by atoms with Gasteiger partial charge in [-0.25, -0.2) is 0 Å². The van der Waals surface area contributed by atoms with Gasteiger partial charge in [-0.3, -0.25) is 19.2 Å². The van der Waals surface area contributed by atoms with E-state index in [-0.39, 0.29) is 18.1 Å². The largest absolute Gasteiger partial charge is 0.340 e. The molecule has 2 aromatic rings. The number of carbonyl (C=O) groups excluding carboxylic acids is 2. The molecule has 6 heteroatoms. The van der Waals surface area contributed by atoms with Crippen molar-refractivity contribution in [2.75, 3.05) is 32.7 Å². The number of ketones is 1. The first-order valence-electron chi connectivity index (χ1n) is 8.78. The minimum absolute atomic E-state index is 0.0341. The molecule has 0 saturated carbocycles. The smallest absolute Gasteiger partial charge is 0.223 e. The number of benzene rings is 1. The quantitative estimate of drug-likeness (QED) is 0.720. The molecule has 0 unspecified atom stereocenters. The van der Waals surface area contributed by atoms with E-state index in [1.165, 1.54) is 0 Å². The molecule has 1 aliphatic heterocycles. The van der Waals surface area contributed by atoms with E-state index in [0.717, 1.165) is 39.3 Å². The molecule has 3 rings (SSSR count). The Morgan fingerprint density at radius 2 is 1.68 bits per heavy atom. The van der Waals surface area contributed by atoms with Crippen molar-refractivity contribution in [3.05, 3.63) is 54.4 Å². The summed E-state index contributed by atoms with van der Waals surface area (Å²) < 4.78 is 1.92. The van der Waals surface area contributed by atoms with E-state index in [2.05, 4.69) is 10.00 Å². The molecule has 1 saturated heterocycles. The third-order valence-electron chi connectivity index (χ3n) is 4.59. The number of amides is 1. The van der Waals surface area contributed by atoms with Gasteiger partial charge in [0.05, 0.1) is 6.54 Å². The lowest BCUT2D eigenvalue weighted by Gasteiger charge is -2.34. The molecular formula is C19H24N4O2. The fourth-order valence-electron chi connectivity index (χ4n) is 3.04. The average Bonchev–Trinajstić information content (AvgIpc) is 3.19. The molecule has 0 aliphatic carbocycles. The van der Waals surface area contributed by atoms with Crippen LogP contribution in [0.1, 0.15) is 23.2 Å². The first kappa shape index (κ1) is 17.4. The zero-order valence-electron chi connectivity index (χ0n) is 14.4. The second-order valence-electron chi connectivity index (χ2n) is 6.28. The molecule has 0 N–H and O–H groups in total. The second kappa shape index (κ2) is 8.58. The number of hydrogen-bond donors (Lipinski definition) is 0. The van der Waals surface area contributed by atoms with Gasteiger partial charge < -0.3 is 4.90 Å². The molecule has 132 valence electrons. The van der Waals surface area contributed by atoms with Crippen LogP contribution < -0.4 is 0 Å². The Labute approximate surface area is 148 Å². The summed E-state index contributed by atoms with van der Waals surface area (Å²) >= 11 is 0. The molecule has 0 atom stereocenters. The Bertz CT molecular complexity index is 677. The van der Waals surface area contributed by atoms with Crippen LogP contribution in [-0.4, -0.2) is 64.0 Å². The fourth-order valence-corrected chi connectivity index (χ4v) is 3.04. The van der Waals surface area contributed by atoms with Gasteiger partial charge in [0.15, 0.2) is 5.78 Å². The molecule has 0 spiro atoms. The summed E-state index contributed by atoms with van der Waals surface area (Å²) in [4.78, 5) is 28.6. The van der Waals surface area contributed by atoms with E-state index in [1.807, 2.05) is 40.0 Å². The summed E-state index contributed by atoms with van der Waals surface area (Å²) in [5, 5.41) is 4.20. The molecule has 2 heterocycles. The van der Waals surface area contributed by atoms with Crippen molar-refractivity contribution in [3.8, 4) is 0 Å². The molecule has 1 aromatic carbocycles. The minimum Gasteiger partial charge on any atom is -0.340 e. The first-order valence-corrected chi connectivity index (χ1v) is 8.78. The van der Waals surface area contributed by atoms with Gasteiger partial charge in [0.25, 0.3) is 0 Å². The Balaban J connectivity index is 1.37. The summed E-state index contributed by atoms with van der Waals surface area (Å²) in [5.41, 5.74) is 0.679. The summed E-state index contributed by atoms with van der Waals surface area (Å²) in [5.74, 6) is 0.114. The second-order valence-corrected chi connectivity index (χ2v) is 6.28. The molecule has 0 radical (unpaired) electrons. The summed E-state index contributed by atoms with van der Waals surface area (Å²) in [6, 6.07) is 11.1. The molecular weight excluding hydrogens is 316 g/mol. The lowest BCUT2D eigenvalue weighted by Crippen LogP contribution is -2.49. The van der Waals surface area contributed by atoms with E-state index in [4.69, 9.17) is 0 Å². The molecule has 6 nitrogen and oxygen atoms in total. The average molecular weight is 340 g/mol.